The van der Waals surface area contributed by atoms with Gasteiger partial charge in [-0.2, -0.15) is 5.10 Å². The molecule has 0 spiro atoms. The van der Waals surface area contributed by atoms with Gasteiger partial charge in [-0.25, -0.2) is 9.67 Å². The van der Waals surface area contributed by atoms with Gasteiger partial charge in [-0.05, 0) is 56.6 Å². The summed E-state index contributed by atoms with van der Waals surface area (Å²) in [4.78, 5) is 6.37. The average Bonchev–Trinajstić information content (AvgIpc) is 3.01. The van der Waals surface area contributed by atoms with Crippen LogP contribution in [-0.2, 0) is 6.54 Å². The first kappa shape index (κ1) is 14.1. The first-order valence-corrected chi connectivity index (χ1v) is 7.63. The molecule has 0 aliphatic carbocycles. The Morgan fingerprint density at radius 1 is 1.19 bits per heavy atom. The second kappa shape index (κ2) is 6.72. The van der Waals surface area contributed by atoms with Crippen LogP contribution >= 0.6 is 0 Å². The van der Waals surface area contributed by atoms with Crippen molar-refractivity contribution in [3.8, 4) is 0 Å². The van der Waals surface area contributed by atoms with Crippen molar-refractivity contribution in [1.29, 1.82) is 0 Å². The minimum absolute atomic E-state index is 0.773. The molecule has 0 unspecified atom stereocenters. The molecule has 5 heteroatoms. The lowest BCUT2D eigenvalue weighted by atomic mass is 9.97. The monoisotopic (exact) mass is 285 g/mol. The van der Waals surface area contributed by atoms with Crippen molar-refractivity contribution < 1.29 is 0 Å². The summed E-state index contributed by atoms with van der Waals surface area (Å²) in [6.07, 6.45) is 5.91. The molecule has 3 rings (SSSR count). The minimum atomic E-state index is 0.773. The van der Waals surface area contributed by atoms with E-state index in [1.807, 2.05) is 4.68 Å². The minimum Gasteiger partial charge on any atom is -0.385 e. The molecule has 112 valence electrons. The predicted octanol–water partition coefficient (Wildman–Crippen LogP) is 2.08. The molecule has 1 fully saturated rings. The number of likely N-dealkylation sites (tertiary alicyclic amines) is 1. The lowest BCUT2D eigenvalue weighted by Gasteiger charge is -2.29. The van der Waals surface area contributed by atoms with Crippen LogP contribution in [-0.4, -0.2) is 46.3 Å². The first-order chi connectivity index (χ1) is 10.3. The van der Waals surface area contributed by atoms with Crippen molar-refractivity contribution in [1.82, 2.24) is 19.7 Å². The van der Waals surface area contributed by atoms with Crippen LogP contribution in [0.4, 0.5) is 5.69 Å². The summed E-state index contributed by atoms with van der Waals surface area (Å²) < 4.78 is 1.83. The lowest BCUT2D eigenvalue weighted by molar-refractivity contribution is 0.226. The van der Waals surface area contributed by atoms with E-state index in [0.717, 1.165) is 19.0 Å². The summed E-state index contributed by atoms with van der Waals surface area (Å²) in [6, 6.07) is 8.61. The van der Waals surface area contributed by atoms with E-state index in [-0.39, 0.29) is 0 Å². The van der Waals surface area contributed by atoms with E-state index in [9.17, 15) is 0 Å². The summed E-state index contributed by atoms with van der Waals surface area (Å²) in [6.45, 7) is 4.30. The number of nitrogens with one attached hydrogen (secondary N) is 1. The zero-order valence-electron chi connectivity index (χ0n) is 12.6. The smallest absolute Gasteiger partial charge is 0.137 e. The summed E-state index contributed by atoms with van der Waals surface area (Å²) in [5, 5.41) is 7.69. The molecule has 0 atom stereocenters. The van der Waals surface area contributed by atoms with Crippen LogP contribution < -0.4 is 5.32 Å². The Kier molecular flexibility index (Phi) is 4.50. The molecule has 2 aromatic rings. The zero-order valence-corrected chi connectivity index (χ0v) is 12.6. The van der Waals surface area contributed by atoms with Crippen LogP contribution in [0.5, 0.6) is 0 Å². The quantitative estimate of drug-likeness (QED) is 0.913. The third kappa shape index (κ3) is 4.04. The topological polar surface area (TPSA) is 46.0 Å². The van der Waals surface area contributed by atoms with Gasteiger partial charge < -0.3 is 10.2 Å². The normalized spacial score (nSPS) is 17.0. The number of piperidine rings is 1. The fourth-order valence-electron chi connectivity index (χ4n) is 2.76. The number of hydrogen-bond donors (Lipinski definition) is 1. The Hall–Kier alpha value is -1.88. The van der Waals surface area contributed by atoms with Crippen molar-refractivity contribution in [2.45, 2.75) is 19.4 Å². The third-order valence-corrected chi connectivity index (χ3v) is 4.20. The molecule has 0 radical (unpaired) electrons. The van der Waals surface area contributed by atoms with E-state index >= 15 is 0 Å². The summed E-state index contributed by atoms with van der Waals surface area (Å²) in [5.41, 5.74) is 2.45. The number of benzene rings is 1. The number of anilines is 1. The van der Waals surface area contributed by atoms with Gasteiger partial charge in [0.1, 0.15) is 12.7 Å². The van der Waals surface area contributed by atoms with Crippen LogP contribution in [0.25, 0.3) is 0 Å². The standard InChI is InChI=1S/C16H23N5/c1-20-8-6-14(7-9-20)10-18-16-4-2-15(3-5-16)11-21-13-17-12-19-21/h2-5,12-14,18H,6-11H2,1H3. The molecule has 1 aliphatic heterocycles. The van der Waals surface area contributed by atoms with Crippen LogP contribution in [0.2, 0.25) is 0 Å². The van der Waals surface area contributed by atoms with E-state index in [4.69, 9.17) is 0 Å². The fourth-order valence-corrected chi connectivity index (χ4v) is 2.76. The van der Waals surface area contributed by atoms with Gasteiger partial charge in [0, 0.05) is 12.2 Å². The second-order valence-corrected chi connectivity index (χ2v) is 5.92. The Balaban J connectivity index is 1.48. The maximum absolute atomic E-state index is 4.12. The summed E-state index contributed by atoms with van der Waals surface area (Å²) in [7, 11) is 2.21. The molecule has 5 nitrogen and oxygen atoms in total. The fraction of sp³-hybridized carbons (Fsp3) is 0.500. The Labute approximate surface area is 126 Å². The number of rotatable bonds is 5. The highest BCUT2D eigenvalue weighted by Gasteiger charge is 2.15. The van der Waals surface area contributed by atoms with E-state index < -0.39 is 0 Å². The van der Waals surface area contributed by atoms with Gasteiger partial charge in [0.05, 0.1) is 6.54 Å². The van der Waals surface area contributed by atoms with Crippen LogP contribution in [0, 0.1) is 5.92 Å². The largest absolute Gasteiger partial charge is 0.385 e. The van der Waals surface area contributed by atoms with Gasteiger partial charge in [-0.15, -0.1) is 0 Å². The van der Waals surface area contributed by atoms with Crippen molar-refractivity contribution in [3.63, 3.8) is 0 Å². The van der Waals surface area contributed by atoms with Gasteiger partial charge in [-0.3, -0.25) is 0 Å². The van der Waals surface area contributed by atoms with Crippen molar-refractivity contribution in [3.05, 3.63) is 42.5 Å². The van der Waals surface area contributed by atoms with Gasteiger partial charge in [0.15, 0.2) is 0 Å². The van der Waals surface area contributed by atoms with Gasteiger partial charge in [0.25, 0.3) is 0 Å². The molecule has 1 aromatic heterocycles. The van der Waals surface area contributed by atoms with Crippen molar-refractivity contribution in [2.75, 3.05) is 32.0 Å². The number of aromatic nitrogens is 3. The Morgan fingerprint density at radius 3 is 2.62 bits per heavy atom. The van der Waals surface area contributed by atoms with E-state index in [1.165, 1.54) is 37.2 Å². The Bertz CT molecular complexity index is 526. The lowest BCUT2D eigenvalue weighted by Crippen LogP contribution is -2.32. The maximum Gasteiger partial charge on any atom is 0.137 e. The molecule has 0 saturated carbocycles. The second-order valence-electron chi connectivity index (χ2n) is 5.92. The number of nitrogens with zero attached hydrogens (tertiary/aromatic N) is 4. The van der Waals surface area contributed by atoms with Crippen LogP contribution in [0.3, 0.4) is 0 Å². The van der Waals surface area contributed by atoms with Crippen LogP contribution in [0.1, 0.15) is 18.4 Å². The third-order valence-electron chi connectivity index (χ3n) is 4.20. The molecular formula is C16H23N5. The van der Waals surface area contributed by atoms with E-state index in [0.29, 0.717) is 0 Å². The van der Waals surface area contributed by atoms with Crippen molar-refractivity contribution in [2.24, 2.45) is 5.92 Å². The highest BCUT2D eigenvalue weighted by atomic mass is 15.3. The van der Waals surface area contributed by atoms with Gasteiger partial charge in [0.2, 0.25) is 0 Å². The predicted molar refractivity (Wildman–Crippen MR) is 84.3 cm³/mol. The number of hydrogen-bond acceptors (Lipinski definition) is 4. The molecular weight excluding hydrogens is 262 g/mol. The molecule has 0 bridgehead atoms. The maximum atomic E-state index is 4.12. The average molecular weight is 285 g/mol. The summed E-state index contributed by atoms with van der Waals surface area (Å²) >= 11 is 0. The highest BCUT2D eigenvalue weighted by Crippen LogP contribution is 2.17. The SMILES string of the molecule is CN1CCC(CNc2ccc(Cn3cncn3)cc2)CC1. The molecule has 2 heterocycles. The molecule has 21 heavy (non-hydrogen) atoms. The summed E-state index contributed by atoms with van der Waals surface area (Å²) in [5.74, 6) is 0.802. The van der Waals surface area contributed by atoms with Gasteiger partial charge >= 0.3 is 0 Å². The Morgan fingerprint density at radius 2 is 1.95 bits per heavy atom. The molecule has 1 aliphatic rings. The zero-order chi connectivity index (χ0) is 14.5. The molecule has 0 amide bonds. The first-order valence-electron chi connectivity index (χ1n) is 7.63. The molecule has 1 aromatic carbocycles. The van der Waals surface area contributed by atoms with E-state index in [2.05, 4.69) is 51.6 Å². The molecule has 1 saturated heterocycles. The molecule has 1 N–H and O–H groups in total. The highest BCUT2D eigenvalue weighted by molar-refractivity contribution is 5.44. The van der Waals surface area contributed by atoms with Gasteiger partial charge in [-0.1, -0.05) is 12.1 Å². The van der Waals surface area contributed by atoms with E-state index in [1.54, 1.807) is 12.7 Å². The van der Waals surface area contributed by atoms with Crippen LogP contribution in [0.15, 0.2) is 36.9 Å². The van der Waals surface area contributed by atoms with Crippen molar-refractivity contribution >= 4 is 5.69 Å².